The van der Waals surface area contributed by atoms with Gasteiger partial charge in [-0.1, -0.05) is 36.4 Å². The standard InChI is InChI=1S/C23H18N4OS4/c28-21(22-24-15-17(19-7-5-9-29-19)26(22)31-11-1-2-12-31)23-25-16-18(20-8-6-10-30-20)27(23)32-13-3-4-14-32/h1-16,31-32H. The van der Waals surface area contributed by atoms with Crippen LogP contribution in [-0.4, -0.2) is 23.7 Å². The molecule has 6 rings (SSSR count). The first kappa shape index (κ1) is 19.8. The van der Waals surface area contributed by atoms with E-state index in [0.717, 1.165) is 21.1 Å². The summed E-state index contributed by atoms with van der Waals surface area (Å²) in [6.45, 7) is 0. The number of thiophene rings is 2. The fourth-order valence-electron chi connectivity index (χ4n) is 3.67. The van der Waals surface area contributed by atoms with E-state index in [2.05, 4.69) is 51.7 Å². The molecule has 4 aromatic heterocycles. The molecule has 0 radical (unpaired) electrons. The first-order valence-electron chi connectivity index (χ1n) is 9.86. The van der Waals surface area contributed by atoms with Gasteiger partial charge in [-0.25, -0.2) is 9.97 Å². The number of carbonyl (C=O) groups is 1. The number of nitrogens with zero attached hydrogens (tertiary/aromatic N) is 4. The van der Waals surface area contributed by atoms with E-state index in [-0.39, 0.29) is 5.78 Å². The van der Waals surface area contributed by atoms with Gasteiger partial charge in [-0.15, -0.1) is 44.8 Å². The molecule has 6 heterocycles. The van der Waals surface area contributed by atoms with Gasteiger partial charge in [0.15, 0.2) is 11.6 Å². The van der Waals surface area contributed by atoms with E-state index in [9.17, 15) is 4.79 Å². The van der Waals surface area contributed by atoms with Gasteiger partial charge in [0, 0.05) is 0 Å². The average molecular weight is 495 g/mol. The normalized spacial score (nSPS) is 16.6. The molecule has 0 fully saturated rings. The van der Waals surface area contributed by atoms with Crippen molar-refractivity contribution in [3.8, 4) is 21.1 Å². The number of imidazole rings is 2. The van der Waals surface area contributed by atoms with E-state index in [1.54, 1.807) is 22.7 Å². The molecule has 160 valence electrons. The highest BCUT2D eigenvalue weighted by Gasteiger charge is 2.28. The minimum atomic E-state index is -0.800. The highest BCUT2D eigenvalue weighted by molar-refractivity contribution is 8.21. The van der Waals surface area contributed by atoms with Gasteiger partial charge in [0.25, 0.3) is 5.78 Å². The second-order valence-electron chi connectivity index (χ2n) is 6.97. The number of rotatable bonds is 6. The van der Waals surface area contributed by atoms with Crippen molar-refractivity contribution in [2.45, 2.75) is 0 Å². The van der Waals surface area contributed by atoms with Crippen molar-refractivity contribution in [3.63, 3.8) is 0 Å². The number of aromatic nitrogens is 4. The zero-order chi connectivity index (χ0) is 21.5. The molecule has 2 aliphatic rings. The van der Waals surface area contributed by atoms with Crippen molar-refractivity contribution in [1.29, 1.82) is 0 Å². The van der Waals surface area contributed by atoms with E-state index < -0.39 is 22.2 Å². The minimum Gasteiger partial charge on any atom is -0.282 e. The van der Waals surface area contributed by atoms with Crippen LogP contribution < -0.4 is 0 Å². The first-order valence-corrected chi connectivity index (χ1v) is 14.5. The molecule has 32 heavy (non-hydrogen) atoms. The molecule has 0 bridgehead atoms. The van der Waals surface area contributed by atoms with Crippen LogP contribution in [0.2, 0.25) is 0 Å². The lowest BCUT2D eigenvalue weighted by atomic mass is 10.3. The summed E-state index contributed by atoms with van der Waals surface area (Å²) in [6, 6.07) is 8.18. The lowest BCUT2D eigenvalue weighted by molar-refractivity contribution is 0.101. The quantitative estimate of drug-likeness (QED) is 0.242. The lowest BCUT2D eigenvalue weighted by Gasteiger charge is -2.20. The number of carbonyl (C=O) groups excluding carboxylic acids is 1. The third-order valence-electron chi connectivity index (χ3n) is 5.07. The molecule has 0 spiro atoms. The highest BCUT2D eigenvalue weighted by atomic mass is 32.2. The third-order valence-corrected chi connectivity index (χ3v) is 10.5. The Morgan fingerprint density at radius 3 is 1.53 bits per heavy atom. The largest absolute Gasteiger partial charge is 0.282 e. The van der Waals surface area contributed by atoms with Crippen molar-refractivity contribution >= 4 is 50.6 Å². The zero-order valence-corrected chi connectivity index (χ0v) is 20.1. The van der Waals surface area contributed by atoms with Crippen LogP contribution in [0.4, 0.5) is 0 Å². The summed E-state index contributed by atoms with van der Waals surface area (Å²) in [4.78, 5) is 25.4. The molecule has 0 saturated heterocycles. The van der Waals surface area contributed by atoms with E-state index >= 15 is 0 Å². The van der Waals surface area contributed by atoms with Crippen LogP contribution in [0.5, 0.6) is 0 Å². The Morgan fingerprint density at radius 1 is 0.719 bits per heavy atom. The van der Waals surface area contributed by atoms with Crippen LogP contribution in [-0.2, 0) is 0 Å². The summed E-state index contributed by atoms with van der Waals surface area (Å²) in [6.07, 6.45) is 11.8. The zero-order valence-electron chi connectivity index (χ0n) is 16.6. The molecule has 0 aliphatic carbocycles. The van der Waals surface area contributed by atoms with Crippen LogP contribution in [0.3, 0.4) is 0 Å². The summed E-state index contributed by atoms with van der Waals surface area (Å²) < 4.78 is 4.17. The molecule has 9 heteroatoms. The van der Waals surface area contributed by atoms with E-state index in [1.165, 1.54) is 0 Å². The van der Waals surface area contributed by atoms with Crippen molar-refractivity contribution in [1.82, 2.24) is 17.9 Å². The lowest BCUT2D eigenvalue weighted by Crippen LogP contribution is -2.15. The van der Waals surface area contributed by atoms with Crippen molar-refractivity contribution < 1.29 is 4.79 Å². The maximum Gasteiger partial charge on any atom is 0.265 e. The van der Waals surface area contributed by atoms with Crippen LogP contribution >= 0.6 is 44.8 Å². The van der Waals surface area contributed by atoms with Gasteiger partial charge in [0.05, 0.1) is 33.5 Å². The van der Waals surface area contributed by atoms with E-state index in [1.807, 2.05) is 59.6 Å². The monoisotopic (exact) mass is 494 g/mol. The predicted octanol–water partition coefficient (Wildman–Crippen LogP) is 6.38. The Bertz CT molecular complexity index is 1270. The molecule has 0 aromatic carbocycles. The summed E-state index contributed by atoms with van der Waals surface area (Å²) >= 11 is 1.70. The maximum atomic E-state index is 13.9. The van der Waals surface area contributed by atoms with Crippen LogP contribution in [0.15, 0.2) is 93.4 Å². The highest BCUT2D eigenvalue weighted by Crippen LogP contribution is 2.44. The molecule has 0 unspecified atom stereocenters. The van der Waals surface area contributed by atoms with Crippen LogP contribution in [0.1, 0.15) is 16.4 Å². The number of hydrogen-bond acceptors (Lipinski definition) is 5. The second-order valence-corrected chi connectivity index (χ2v) is 12.4. The van der Waals surface area contributed by atoms with Crippen molar-refractivity contribution in [3.05, 3.63) is 105 Å². The molecular formula is C23H18N4OS4. The average Bonchev–Trinajstić information content (AvgIpc) is 3.66. The first-order chi connectivity index (χ1) is 15.8. The summed E-state index contributed by atoms with van der Waals surface area (Å²) in [5.41, 5.74) is 1.93. The Balaban J connectivity index is 1.51. The van der Waals surface area contributed by atoms with Gasteiger partial charge in [0.1, 0.15) is 0 Å². The van der Waals surface area contributed by atoms with Gasteiger partial charge in [-0.3, -0.25) is 12.7 Å². The fraction of sp³-hybridized carbons (Fsp3) is 0. The Hall–Kier alpha value is -2.85. The number of hydrogen-bond donors (Lipinski definition) is 2. The van der Waals surface area contributed by atoms with Crippen LogP contribution in [0, 0.1) is 0 Å². The molecule has 0 saturated carbocycles. The molecule has 0 N–H and O–H groups in total. The Morgan fingerprint density at radius 2 is 1.16 bits per heavy atom. The second kappa shape index (κ2) is 8.25. The predicted molar refractivity (Wildman–Crippen MR) is 140 cm³/mol. The SMILES string of the molecule is O=C(c1ncc(-c2cccs2)n1[SH]1C=CC=C1)c1ncc(-c2cccs2)n1[SH]1C=CC=C1. The van der Waals surface area contributed by atoms with Crippen molar-refractivity contribution in [2.75, 3.05) is 0 Å². The van der Waals surface area contributed by atoms with Gasteiger partial charge in [-0.2, -0.15) is 0 Å². The number of thiol groups is 2. The van der Waals surface area contributed by atoms with E-state index in [4.69, 9.17) is 0 Å². The number of allylic oxidation sites excluding steroid dienone is 4. The Labute approximate surface area is 198 Å². The minimum absolute atomic E-state index is 0.150. The summed E-state index contributed by atoms with van der Waals surface area (Å²) in [5.74, 6) is 0.716. The van der Waals surface area contributed by atoms with Gasteiger partial charge in [0.2, 0.25) is 0 Å². The Kier molecular flexibility index (Phi) is 5.11. The fourth-order valence-corrected chi connectivity index (χ4v) is 8.63. The smallest absolute Gasteiger partial charge is 0.265 e. The topological polar surface area (TPSA) is 52.7 Å². The third kappa shape index (κ3) is 3.29. The molecule has 2 aliphatic heterocycles. The molecule has 0 amide bonds. The molecule has 4 aromatic rings. The van der Waals surface area contributed by atoms with Crippen molar-refractivity contribution in [2.24, 2.45) is 0 Å². The molecular weight excluding hydrogens is 477 g/mol. The van der Waals surface area contributed by atoms with Gasteiger partial charge in [-0.05, 0) is 44.5 Å². The van der Waals surface area contributed by atoms with Gasteiger partial charge < -0.3 is 0 Å². The summed E-state index contributed by atoms with van der Waals surface area (Å²) in [7, 11) is 0. The number of ketones is 1. The summed E-state index contributed by atoms with van der Waals surface area (Å²) in [5, 5.41) is 12.6. The maximum absolute atomic E-state index is 13.9. The van der Waals surface area contributed by atoms with Gasteiger partial charge >= 0.3 is 0 Å². The molecule has 0 atom stereocenters. The van der Waals surface area contributed by atoms with E-state index in [0.29, 0.717) is 11.6 Å². The molecule has 5 nitrogen and oxygen atoms in total. The van der Waals surface area contributed by atoms with Crippen LogP contribution in [0.25, 0.3) is 21.1 Å².